The van der Waals surface area contributed by atoms with Gasteiger partial charge < -0.3 is 9.47 Å². The average Bonchev–Trinajstić information content (AvgIpc) is 3.18. The Morgan fingerprint density at radius 1 is 1.17 bits per heavy atom. The summed E-state index contributed by atoms with van der Waals surface area (Å²) in [5.41, 5.74) is 3.73. The molecule has 1 atom stereocenters. The van der Waals surface area contributed by atoms with Crippen molar-refractivity contribution in [2.75, 3.05) is 13.1 Å². The van der Waals surface area contributed by atoms with Crippen LogP contribution in [0.25, 0.3) is 22.4 Å². The first-order valence-electron chi connectivity index (χ1n) is 8.15. The SMILES string of the molecule is CC(=O)N1CCC(n2c(C)nc3ccc(-c4ccncc4)nc32)C1. The van der Waals surface area contributed by atoms with Crippen molar-refractivity contribution in [2.24, 2.45) is 0 Å². The second kappa shape index (κ2) is 5.70. The van der Waals surface area contributed by atoms with Gasteiger partial charge in [-0.05, 0) is 37.6 Å². The lowest BCUT2D eigenvalue weighted by molar-refractivity contribution is -0.127. The highest BCUT2D eigenvalue weighted by atomic mass is 16.2. The molecular formula is C18H19N5O. The molecule has 3 aromatic heterocycles. The van der Waals surface area contributed by atoms with Crippen LogP contribution in [0.3, 0.4) is 0 Å². The van der Waals surface area contributed by atoms with Crippen molar-refractivity contribution in [1.29, 1.82) is 0 Å². The van der Waals surface area contributed by atoms with E-state index in [2.05, 4.69) is 14.5 Å². The van der Waals surface area contributed by atoms with Crippen LogP contribution in [-0.4, -0.2) is 43.4 Å². The maximum absolute atomic E-state index is 11.6. The van der Waals surface area contributed by atoms with E-state index in [0.717, 1.165) is 47.8 Å². The van der Waals surface area contributed by atoms with Gasteiger partial charge in [-0.15, -0.1) is 0 Å². The van der Waals surface area contributed by atoms with Gasteiger partial charge in [0.05, 0.1) is 11.7 Å². The summed E-state index contributed by atoms with van der Waals surface area (Å²) in [4.78, 5) is 27.1. The Hall–Kier alpha value is -2.76. The molecule has 0 spiro atoms. The Labute approximate surface area is 140 Å². The summed E-state index contributed by atoms with van der Waals surface area (Å²) >= 11 is 0. The van der Waals surface area contributed by atoms with Crippen LogP contribution in [0.1, 0.15) is 25.2 Å². The molecule has 0 N–H and O–H groups in total. The number of carbonyl (C=O) groups excluding carboxylic acids is 1. The molecule has 0 aliphatic carbocycles. The molecule has 6 heteroatoms. The molecule has 1 amide bonds. The number of likely N-dealkylation sites (tertiary alicyclic amines) is 1. The second-order valence-corrected chi connectivity index (χ2v) is 6.21. The van der Waals surface area contributed by atoms with Crippen molar-refractivity contribution in [3.63, 3.8) is 0 Å². The molecule has 6 nitrogen and oxygen atoms in total. The van der Waals surface area contributed by atoms with Crippen LogP contribution in [0.4, 0.5) is 0 Å². The Bertz CT molecular complexity index is 902. The molecule has 122 valence electrons. The predicted molar refractivity (Wildman–Crippen MR) is 91.4 cm³/mol. The Balaban J connectivity index is 1.78. The molecule has 24 heavy (non-hydrogen) atoms. The summed E-state index contributed by atoms with van der Waals surface area (Å²) < 4.78 is 2.18. The molecular weight excluding hydrogens is 302 g/mol. The van der Waals surface area contributed by atoms with Gasteiger partial charge in [0.1, 0.15) is 11.3 Å². The number of imidazole rings is 1. The number of aromatic nitrogens is 4. The van der Waals surface area contributed by atoms with Crippen molar-refractivity contribution in [2.45, 2.75) is 26.3 Å². The first-order chi connectivity index (χ1) is 11.6. The molecule has 4 rings (SSSR count). The minimum absolute atomic E-state index is 0.130. The van der Waals surface area contributed by atoms with E-state index in [1.54, 1.807) is 19.3 Å². The summed E-state index contributed by atoms with van der Waals surface area (Å²) in [6.07, 6.45) is 4.48. The highest BCUT2D eigenvalue weighted by Gasteiger charge is 2.28. The van der Waals surface area contributed by atoms with Crippen LogP contribution in [0.2, 0.25) is 0 Å². The quantitative estimate of drug-likeness (QED) is 0.728. The predicted octanol–water partition coefficient (Wildman–Crippen LogP) is 2.60. The van der Waals surface area contributed by atoms with Crippen LogP contribution >= 0.6 is 0 Å². The van der Waals surface area contributed by atoms with Gasteiger partial charge in [0.25, 0.3) is 0 Å². The lowest BCUT2D eigenvalue weighted by atomic mass is 10.2. The van der Waals surface area contributed by atoms with Gasteiger partial charge in [0.15, 0.2) is 5.65 Å². The molecule has 0 bridgehead atoms. The minimum Gasteiger partial charge on any atom is -0.341 e. The molecule has 1 fully saturated rings. The lowest BCUT2D eigenvalue weighted by Crippen LogP contribution is -2.26. The fraction of sp³-hybridized carbons (Fsp3) is 0.333. The van der Waals surface area contributed by atoms with Gasteiger partial charge in [0.2, 0.25) is 5.91 Å². The maximum atomic E-state index is 11.6. The van der Waals surface area contributed by atoms with E-state index >= 15 is 0 Å². The summed E-state index contributed by atoms with van der Waals surface area (Å²) in [6, 6.07) is 8.15. The summed E-state index contributed by atoms with van der Waals surface area (Å²) in [5.74, 6) is 1.07. The molecule has 1 unspecified atom stereocenters. The third-order valence-corrected chi connectivity index (χ3v) is 4.66. The lowest BCUT2D eigenvalue weighted by Gasteiger charge is -2.16. The van der Waals surface area contributed by atoms with E-state index in [1.165, 1.54) is 0 Å². The molecule has 1 aliphatic rings. The molecule has 1 aliphatic heterocycles. The highest BCUT2D eigenvalue weighted by Crippen LogP contribution is 2.28. The van der Waals surface area contributed by atoms with Crippen molar-refractivity contribution < 1.29 is 4.79 Å². The van der Waals surface area contributed by atoms with Crippen molar-refractivity contribution >= 4 is 17.1 Å². The number of nitrogens with zero attached hydrogens (tertiary/aromatic N) is 5. The van der Waals surface area contributed by atoms with E-state index in [4.69, 9.17) is 4.98 Å². The molecule has 1 saturated heterocycles. The smallest absolute Gasteiger partial charge is 0.219 e. The maximum Gasteiger partial charge on any atom is 0.219 e. The number of aryl methyl sites for hydroxylation is 1. The van der Waals surface area contributed by atoms with Crippen LogP contribution in [0.15, 0.2) is 36.7 Å². The molecule has 4 heterocycles. The first-order valence-corrected chi connectivity index (χ1v) is 8.15. The van der Waals surface area contributed by atoms with E-state index in [1.807, 2.05) is 36.1 Å². The summed E-state index contributed by atoms with van der Waals surface area (Å²) in [6.45, 7) is 5.15. The van der Waals surface area contributed by atoms with Gasteiger partial charge in [-0.2, -0.15) is 0 Å². The van der Waals surface area contributed by atoms with E-state index in [0.29, 0.717) is 0 Å². The third kappa shape index (κ3) is 2.44. The van der Waals surface area contributed by atoms with Crippen LogP contribution in [0.5, 0.6) is 0 Å². The Kier molecular flexibility index (Phi) is 3.52. The number of rotatable bonds is 2. The van der Waals surface area contributed by atoms with Crippen LogP contribution in [0, 0.1) is 6.92 Å². The van der Waals surface area contributed by atoms with Crippen molar-refractivity contribution in [3.05, 3.63) is 42.5 Å². The van der Waals surface area contributed by atoms with Gasteiger partial charge in [-0.1, -0.05) is 0 Å². The zero-order valence-electron chi connectivity index (χ0n) is 13.8. The largest absolute Gasteiger partial charge is 0.341 e. The van der Waals surface area contributed by atoms with Gasteiger partial charge >= 0.3 is 0 Å². The number of carbonyl (C=O) groups is 1. The summed E-state index contributed by atoms with van der Waals surface area (Å²) in [7, 11) is 0. The van der Waals surface area contributed by atoms with Gasteiger partial charge in [-0.25, -0.2) is 9.97 Å². The average molecular weight is 321 g/mol. The van der Waals surface area contributed by atoms with Crippen molar-refractivity contribution in [1.82, 2.24) is 24.4 Å². The minimum atomic E-state index is 0.130. The fourth-order valence-electron chi connectivity index (χ4n) is 3.45. The number of amides is 1. The van der Waals surface area contributed by atoms with E-state index < -0.39 is 0 Å². The highest BCUT2D eigenvalue weighted by molar-refractivity contribution is 5.76. The number of hydrogen-bond acceptors (Lipinski definition) is 4. The monoisotopic (exact) mass is 321 g/mol. The van der Waals surface area contributed by atoms with Gasteiger partial charge in [-0.3, -0.25) is 9.78 Å². The number of pyridine rings is 2. The molecule has 0 radical (unpaired) electrons. The first kappa shape index (κ1) is 14.8. The molecule has 0 aromatic carbocycles. The normalized spacial score (nSPS) is 17.6. The van der Waals surface area contributed by atoms with E-state index in [-0.39, 0.29) is 11.9 Å². The second-order valence-electron chi connectivity index (χ2n) is 6.21. The number of hydrogen-bond donors (Lipinski definition) is 0. The van der Waals surface area contributed by atoms with Crippen LogP contribution < -0.4 is 0 Å². The standard InChI is InChI=1S/C18H19N5O/c1-12-20-17-4-3-16(14-5-8-19-9-6-14)21-18(17)23(12)15-7-10-22(11-15)13(2)24/h3-6,8-9,15H,7,10-11H2,1-2H3. The number of fused-ring (bicyclic) bond motifs is 1. The van der Waals surface area contributed by atoms with Crippen LogP contribution in [-0.2, 0) is 4.79 Å². The van der Waals surface area contributed by atoms with Crippen molar-refractivity contribution in [3.8, 4) is 11.3 Å². The zero-order chi connectivity index (χ0) is 16.7. The fourth-order valence-corrected chi connectivity index (χ4v) is 3.45. The Morgan fingerprint density at radius 3 is 2.67 bits per heavy atom. The summed E-state index contributed by atoms with van der Waals surface area (Å²) in [5, 5.41) is 0. The van der Waals surface area contributed by atoms with E-state index in [9.17, 15) is 4.79 Å². The zero-order valence-corrected chi connectivity index (χ0v) is 13.8. The Morgan fingerprint density at radius 2 is 1.96 bits per heavy atom. The third-order valence-electron chi connectivity index (χ3n) is 4.66. The topological polar surface area (TPSA) is 63.9 Å². The molecule has 0 saturated carbocycles. The van der Waals surface area contributed by atoms with Gasteiger partial charge in [0, 0.05) is 38.0 Å². The molecule has 3 aromatic rings.